The van der Waals surface area contributed by atoms with Crippen molar-refractivity contribution in [2.75, 3.05) is 5.32 Å². The number of amides is 1. The van der Waals surface area contributed by atoms with Crippen LogP contribution in [0.3, 0.4) is 0 Å². The third-order valence-corrected chi connectivity index (χ3v) is 4.32. The van der Waals surface area contributed by atoms with Gasteiger partial charge in [0.1, 0.15) is 11.4 Å². The van der Waals surface area contributed by atoms with E-state index in [2.05, 4.69) is 10.4 Å². The van der Waals surface area contributed by atoms with Gasteiger partial charge in [-0.1, -0.05) is 18.2 Å². The number of anilines is 1. The maximum absolute atomic E-state index is 14.4. The highest BCUT2D eigenvalue weighted by Gasteiger charge is 2.15. The standard InChI is InChI=1S/C20H17FN4O/c1-2-24-17-7-4-3-6-14(17)12-19(24)20(26)23-15-8-9-18(16(21)13-15)25-11-5-10-22-25/h3-13H,2H2,1H3,(H,23,26). The van der Waals surface area contributed by atoms with E-state index in [9.17, 15) is 9.18 Å². The lowest BCUT2D eigenvalue weighted by molar-refractivity contribution is 0.101. The van der Waals surface area contributed by atoms with Crippen LogP contribution in [0, 0.1) is 5.82 Å². The van der Waals surface area contributed by atoms with Crippen LogP contribution in [0.5, 0.6) is 0 Å². The highest BCUT2D eigenvalue weighted by atomic mass is 19.1. The molecule has 130 valence electrons. The first kappa shape index (κ1) is 16.1. The Labute approximate surface area is 149 Å². The number of halogens is 1. The molecule has 0 radical (unpaired) electrons. The number of aromatic nitrogens is 3. The number of carbonyl (C=O) groups is 1. The predicted molar refractivity (Wildman–Crippen MR) is 99.1 cm³/mol. The van der Waals surface area contributed by atoms with Gasteiger partial charge in [0.15, 0.2) is 5.82 Å². The minimum absolute atomic E-state index is 0.269. The Hall–Kier alpha value is -3.41. The van der Waals surface area contributed by atoms with Crippen LogP contribution in [0.15, 0.2) is 67.0 Å². The largest absolute Gasteiger partial charge is 0.337 e. The summed E-state index contributed by atoms with van der Waals surface area (Å²) in [5.74, 6) is -0.725. The lowest BCUT2D eigenvalue weighted by Crippen LogP contribution is -2.17. The lowest BCUT2D eigenvalue weighted by atomic mass is 10.2. The number of rotatable bonds is 4. The summed E-state index contributed by atoms with van der Waals surface area (Å²) in [5, 5.41) is 7.80. The van der Waals surface area contributed by atoms with Crippen molar-refractivity contribution in [3.05, 3.63) is 78.5 Å². The van der Waals surface area contributed by atoms with E-state index in [4.69, 9.17) is 0 Å². The van der Waals surface area contributed by atoms with Crippen LogP contribution in [-0.4, -0.2) is 20.3 Å². The number of fused-ring (bicyclic) bond motifs is 1. The Balaban J connectivity index is 1.64. The molecule has 0 unspecified atom stereocenters. The zero-order valence-electron chi connectivity index (χ0n) is 14.2. The van der Waals surface area contributed by atoms with Gasteiger partial charge >= 0.3 is 0 Å². The molecule has 26 heavy (non-hydrogen) atoms. The van der Waals surface area contributed by atoms with Crippen LogP contribution in [0.2, 0.25) is 0 Å². The summed E-state index contributed by atoms with van der Waals surface area (Å²) in [7, 11) is 0. The molecule has 0 saturated heterocycles. The van der Waals surface area contributed by atoms with Crippen molar-refractivity contribution in [2.45, 2.75) is 13.5 Å². The van der Waals surface area contributed by atoms with Gasteiger partial charge in [0, 0.05) is 35.5 Å². The van der Waals surface area contributed by atoms with Crippen LogP contribution >= 0.6 is 0 Å². The second-order valence-electron chi connectivity index (χ2n) is 5.90. The molecule has 4 rings (SSSR count). The minimum Gasteiger partial charge on any atom is -0.337 e. The molecule has 2 aromatic heterocycles. The van der Waals surface area contributed by atoms with Crippen molar-refractivity contribution < 1.29 is 9.18 Å². The van der Waals surface area contributed by atoms with E-state index >= 15 is 0 Å². The number of nitrogens with zero attached hydrogens (tertiary/aromatic N) is 3. The Morgan fingerprint density at radius 1 is 1.15 bits per heavy atom. The molecular formula is C20H17FN4O. The molecule has 0 atom stereocenters. The molecule has 0 aliphatic heterocycles. The fourth-order valence-corrected chi connectivity index (χ4v) is 3.12. The van der Waals surface area contributed by atoms with E-state index in [0.29, 0.717) is 23.6 Å². The fraction of sp³-hybridized carbons (Fsp3) is 0.100. The molecule has 1 amide bonds. The first-order valence-electron chi connectivity index (χ1n) is 8.36. The molecule has 1 N–H and O–H groups in total. The summed E-state index contributed by atoms with van der Waals surface area (Å²) in [6.45, 7) is 2.66. The van der Waals surface area contributed by atoms with Crippen molar-refractivity contribution in [3.63, 3.8) is 0 Å². The minimum atomic E-state index is -0.456. The summed E-state index contributed by atoms with van der Waals surface area (Å²) in [6, 6.07) is 16.0. The van der Waals surface area contributed by atoms with Gasteiger partial charge in [0.05, 0.1) is 0 Å². The van der Waals surface area contributed by atoms with E-state index in [1.54, 1.807) is 30.6 Å². The first-order valence-corrected chi connectivity index (χ1v) is 8.36. The SMILES string of the molecule is CCn1c(C(=O)Nc2ccc(-n3cccn3)c(F)c2)cc2ccccc21. The Morgan fingerprint density at radius 2 is 2.00 bits per heavy atom. The summed E-state index contributed by atoms with van der Waals surface area (Å²) >= 11 is 0. The van der Waals surface area contributed by atoms with E-state index in [1.807, 2.05) is 41.8 Å². The van der Waals surface area contributed by atoms with Gasteiger partial charge in [-0.3, -0.25) is 4.79 Å². The molecule has 0 bridgehead atoms. The number of nitrogens with one attached hydrogen (secondary N) is 1. The van der Waals surface area contributed by atoms with Crippen molar-refractivity contribution in [2.24, 2.45) is 0 Å². The summed E-state index contributed by atoms with van der Waals surface area (Å²) in [4.78, 5) is 12.7. The lowest BCUT2D eigenvalue weighted by Gasteiger charge is -2.10. The molecule has 5 nitrogen and oxygen atoms in total. The molecule has 0 spiro atoms. The molecule has 6 heteroatoms. The Bertz CT molecular complexity index is 1080. The van der Waals surface area contributed by atoms with Crippen molar-refractivity contribution >= 4 is 22.5 Å². The number of hydrogen-bond acceptors (Lipinski definition) is 2. The molecule has 0 fully saturated rings. The Morgan fingerprint density at radius 3 is 2.73 bits per heavy atom. The number of hydrogen-bond donors (Lipinski definition) is 1. The molecule has 0 saturated carbocycles. The molecule has 2 aromatic carbocycles. The summed E-state index contributed by atoms with van der Waals surface area (Å²) < 4.78 is 17.7. The topological polar surface area (TPSA) is 51.9 Å². The van der Waals surface area contributed by atoms with Crippen LogP contribution < -0.4 is 5.32 Å². The van der Waals surface area contributed by atoms with Crippen molar-refractivity contribution in [1.29, 1.82) is 0 Å². The molecule has 4 aromatic rings. The number of aryl methyl sites for hydroxylation is 1. The third-order valence-electron chi connectivity index (χ3n) is 4.32. The van der Waals surface area contributed by atoms with Crippen molar-refractivity contribution in [1.82, 2.24) is 14.3 Å². The zero-order chi connectivity index (χ0) is 18.1. The highest BCUT2D eigenvalue weighted by molar-refractivity contribution is 6.06. The van der Waals surface area contributed by atoms with E-state index in [-0.39, 0.29) is 5.91 Å². The third kappa shape index (κ3) is 2.75. The Kier molecular flexibility index (Phi) is 4.01. The van der Waals surface area contributed by atoms with Gasteiger partial charge in [-0.05, 0) is 43.3 Å². The van der Waals surface area contributed by atoms with Gasteiger partial charge in [-0.25, -0.2) is 9.07 Å². The van der Waals surface area contributed by atoms with E-state index in [0.717, 1.165) is 10.9 Å². The highest BCUT2D eigenvalue weighted by Crippen LogP contribution is 2.22. The quantitative estimate of drug-likeness (QED) is 0.600. The van der Waals surface area contributed by atoms with Gasteiger partial charge in [-0.2, -0.15) is 5.10 Å². The number of para-hydroxylation sites is 1. The van der Waals surface area contributed by atoms with E-state index < -0.39 is 5.82 Å². The van der Waals surface area contributed by atoms with Gasteiger partial charge in [-0.15, -0.1) is 0 Å². The second-order valence-corrected chi connectivity index (χ2v) is 5.90. The predicted octanol–water partition coefficient (Wildman–Crippen LogP) is 4.24. The molecule has 0 aliphatic carbocycles. The maximum Gasteiger partial charge on any atom is 0.272 e. The fourth-order valence-electron chi connectivity index (χ4n) is 3.12. The summed E-state index contributed by atoms with van der Waals surface area (Å²) in [5.41, 5.74) is 2.28. The van der Waals surface area contributed by atoms with Gasteiger partial charge < -0.3 is 9.88 Å². The number of carbonyl (C=O) groups excluding carboxylic acids is 1. The van der Waals surface area contributed by atoms with E-state index in [1.165, 1.54) is 10.7 Å². The van der Waals surface area contributed by atoms with Crippen LogP contribution in [0.4, 0.5) is 10.1 Å². The second kappa shape index (κ2) is 6.48. The van der Waals surface area contributed by atoms with Crippen LogP contribution in [0.1, 0.15) is 17.4 Å². The average molecular weight is 348 g/mol. The van der Waals surface area contributed by atoms with Crippen LogP contribution in [-0.2, 0) is 6.54 Å². The monoisotopic (exact) mass is 348 g/mol. The molecular weight excluding hydrogens is 331 g/mol. The smallest absolute Gasteiger partial charge is 0.272 e. The average Bonchev–Trinajstić information content (AvgIpc) is 3.29. The number of benzene rings is 2. The normalized spacial score (nSPS) is 11.0. The van der Waals surface area contributed by atoms with Crippen LogP contribution in [0.25, 0.3) is 16.6 Å². The van der Waals surface area contributed by atoms with Gasteiger partial charge in [0.25, 0.3) is 5.91 Å². The van der Waals surface area contributed by atoms with Gasteiger partial charge in [0.2, 0.25) is 0 Å². The summed E-state index contributed by atoms with van der Waals surface area (Å²) in [6.07, 6.45) is 3.25. The molecule has 0 aliphatic rings. The molecule has 2 heterocycles. The zero-order valence-corrected chi connectivity index (χ0v) is 14.2. The van der Waals surface area contributed by atoms with Crippen molar-refractivity contribution in [3.8, 4) is 5.69 Å². The maximum atomic E-state index is 14.4. The first-order chi connectivity index (χ1) is 12.7.